The van der Waals surface area contributed by atoms with Crippen molar-refractivity contribution in [1.29, 1.82) is 0 Å². The first kappa shape index (κ1) is 13.0. The molecule has 1 saturated carbocycles. The molecule has 0 bridgehead atoms. The monoisotopic (exact) mass is 213 g/mol. The molecule has 0 radical (unpaired) electrons. The molecule has 1 fully saturated rings. The summed E-state index contributed by atoms with van der Waals surface area (Å²) in [5.41, 5.74) is -0.582. The zero-order chi connectivity index (χ0) is 11.5. The summed E-state index contributed by atoms with van der Waals surface area (Å²) >= 11 is 0. The number of aliphatic hydroxyl groups is 1. The van der Waals surface area contributed by atoms with E-state index >= 15 is 0 Å². The smallest absolute Gasteiger partial charge is 0.0715 e. The van der Waals surface area contributed by atoms with Crippen LogP contribution in [0.3, 0.4) is 0 Å². The van der Waals surface area contributed by atoms with Crippen LogP contribution in [0.5, 0.6) is 0 Å². The van der Waals surface area contributed by atoms with Gasteiger partial charge in [-0.3, -0.25) is 0 Å². The van der Waals surface area contributed by atoms with Gasteiger partial charge in [-0.05, 0) is 44.9 Å². The molecule has 3 atom stereocenters. The van der Waals surface area contributed by atoms with Crippen molar-refractivity contribution in [2.45, 2.75) is 65.0 Å². The molecule has 2 nitrogen and oxygen atoms in total. The van der Waals surface area contributed by atoms with E-state index in [2.05, 4.69) is 19.2 Å². The van der Waals surface area contributed by atoms with Crippen LogP contribution in [0.2, 0.25) is 0 Å². The van der Waals surface area contributed by atoms with Crippen molar-refractivity contribution < 1.29 is 5.11 Å². The van der Waals surface area contributed by atoms with E-state index in [1.54, 1.807) is 0 Å². The lowest BCUT2D eigenvalue weighted by atomic mass is 9.77. The van der Waals surface area contributed by atoms with Gasteiger partial charge in [-0.15, -0.1) is 0 Å². The number of rotatable bonds is 4. The quantitative estimate of drug-likeness (QED) is 0.752. The first-order chi connectivity index (χ1) is 6.92. The molecule has 0 aliphatic heterocycles. The molecule has 0 heterocycles. The molecule has 0 saturated heterocycles. The van der Waals surface area contributed by atoms with Crippen LogP contribution in [0.4, 0.5) is 0 Å². The summed E-state index contributed by atoms with van der Waals surface area (Å²) < 4.78 is 0. The molecule has 1 aliphatic carbocycles. The lowest BCUT2D eigenvalue weighted by Crippen LogP contribution is -2.46. The average molecular weight is 213 g/mol. The second kappa shape index (κ2) is 5.31. The highest BCUT2D eigenvalue weighted by atomic mass is 16.3. The van der Waals surface area contributed by atoms with Crippen molar-refractivity contribution in [2.24, 2.45) is 11.8 Å². The lowest BCUT2D eigenvalue weighted by Gasteiger charge is -2.36. The minimum Gasteiger partial charge on any atom is -0.389 e. The molecule has 1 rings (SSSR count). The average Bonchev–Trinajstić information content (AvgIpc) is 2.14. The van der Waals surface area contributed by atoms with Gasteiger partial charge in [0.05, 0.1) is 5.60 Å². The molecule has 1 aliphatic rings. The van der Waals surface area contributed by atoms with Crippen molar-refractivity contribution in [3.8, 4) is 0 Å². The van der Waals surface area contributed by atoms with E-state index in [0.29, 0.717) is 12.6 Å². The van der Waals surface area contributed by atoms with Crippen LogP contribution in [0.1, 0.15) is 53.4 Å². The molecule has 15 heavy (non-hydrogen) atoms. The van der Waals surface area contributed by atoms with Crippen LogP contribution in [-0.4, -0.2) is 23.3 Å². The summed E-state index contributed by atoms with van der Waals surface area (Å²) in [5.74, 6) is 1.69. The van der Waals surface area contributed by atoms with Gasteiger partial charge in [0.25, 0.3) is 0 Å². The maximum Gasteiger partial charge on any atom is 0.0715 e. The second-order valence-corrected chi connectivity index (χ2v) is 5.89. The number of hydrogen-bond donors (Lipinski definition) is 2. The Kier molecular flexibility index (Phi) is 4.60. The molecule has 0 aromatic carbocycles. The molecule has 2 N–H and O–H groups in total. The molecule has 0 amide bonds. The lowest BCUT2D eigenvalue weighted by molar-refractivity contribution is 0.0681. The Hall–Kier alpha value is -0.0800. The molecule has 3 unspecified atom stereocenters. The molecule has 2 heteroatoms. The van der Waals surface area contributed by atoms with Gasteiger partial charge in [0.2, 0.25) is 0 Å². The van der Waals surface area contributed by atoms with Gasteiger partial charge in [-0.2, -0.15) is 0 Å². The van der Waals surface area contributed by atoms with E-state index in [1.807, 2.05) is 13.8 Å². The van der Waals surface area contributed by atoms with Gasteiger partial charge in [-0.25, -0.2) is 0 Å². The predicted octanol–water partition coefficient (Wildman–Crippen LogP) is 2.56. The highest BCUT2D eigenvalue weighted by Gasteiger charge is 2.28. The SMILES string of the molecule is CCC1CC(C)CCC1NCC(C)(C)O. The number of hydrogen-bond acceptors (Lipinski definition) is 2. The minimum absolute atomic E-state index is 0.582. The van der Waals surface area contributed by atoms with Crippen molar-refractivity contribution >= 4 is 0 Å². The van der Waals surface area contributed by atoms with Crippen LogP contribution in [-0.2, 0) is 0 Å². The van der Waals surface area contributed by atoms with Gasteiger partial charge in [0.15, 0.2) is 0 Å². The summed E-state index contributed by atoms with van der Waals surface area (Å²) in [5, 5.41) is 13.2. The standard InChI is InChI=1S/C13H27NO/c1-5-11-8-10(2)6-7-12(11)14-9-13(3,4)15/h10-12,14-15H,5-9H2,1-4H3. The van der Waals surface area contributed by atoms with Crippen LogP contribution >= 0.6 is 0 Å². The Morgan fingerprint density at radius 2 is 2.00 bits per heavy atom. The third kappa shape index (κ3) is 4.52. The van der Waals surface area contributed by atoms with Crippen molar-refractivity contribution in [3.05, 3.63) is 0 Å². The van der Waals surface area contributed by atoms with Crippen molar-refractivity contribution in [3.63, 3.8) is 0 Å². The zero-order valence-electron chi connectivity index (χ0n) is 10.7. The summed E-state index contributed by atoms with van der Waals surface area (Å²) in [7, 11) is 0. The van der Waals surface area contributed by atoms with E-state index in [1.165, 1.54) is 25.7 Å². The third-order valence-electron chi connectivity index (χ3n) is 3.57. The van der Waals surface area contributed by atoms with E-state index < -0.39 is 5.60 Å². The Bertz CT molecular complexity index is 185. The summed E-state index contributed by atoms with van der Waals surface area (Å²) in [6.07, 6.45) is 5.21. The summed E-state index contributed by atoms with van der Waals surface area (Å²) in [4.78, 5) is 0. The Morgan fingerprint density at radius 3 is 2.53 bits per heavy atom. The fraction of sp³-hybridized carbons (Fsp3) is 1.00. The summed E-state index contributed by atoms with van der Waals surface area (Å²) in [6.45, 7) is 9.08. The Morgan fingerprint density at radius 1 is 1.33 bits per heavy atom. The molecule has 0 aromatic heterocycles. The van der Waals surface area contributed by atoms with Gasteiger partial charge in [-0.1, -0.05) is 20.3 Å². The molecular formula is C13H27NO. The van der Waals surface area contributed by atoms with E-state index in [4.69, 9.17) is 0 Å². The van der Waals surface area contributed by atoms with E-state index in [-0.39, 0.29) is 0 Å². The minimum atomic E-state index is -0.582. The topological polar surface area (TPSA) is 32.3 Å². The second-order valence-electron chi connectivity index (χ2n) is 5.89. The maximum atomic E-state index is 9.70. The Labute approximate surface area is 94.5 Å². The number of nitrogens with one attached hydrogen (secondary N) is 1. The van der Waals surface area contributed by atoms with Crippen molar-refractivity contribution in [2.75, 3.05) is 6.54 Å². The van der Waals surface area contributed by atoms with E-state index in [0.717, 1.165) is 11.8 Å². The van der Waals surface area contributed by atoms with Crippen molar-refractivity contribution in [1.82, 2.24) is 5.32 Å². The van der Waals surface area contributed by atoms with Crippen LogP contribution in [0.15, 0.2) is 0 Å². The van der Waals surface area contributed by atoms with Gasteiger partial charge < -0.3 is 10.4 Å². The van der Waals surface area contributed by atoms with Crippen LogP contribution in [0, 0.1) is 11.8 Å². The molecule has 90 valence electrons. The van der Waals surface area contributed by atoms with Gasteiger partial charge in [0, 0.05) is 12.6 Å². The van der Waals surface area contributed by atoms with Crippen LogP contribution in [0.25, 0.3) is 0 Å². The largest absolute Gasteiger partial charge is 0.389 e. The zero-order valence-corrected chi connectivity index (χ0v) is 10.7. The third-order valence-corrected chi connectivity index (χ3v) is 3.57. The first-order valence-electron chi connectivity index (χ1n) is 6.38. The Balaban J connectivity index is 2.39. The van der Waals surface area contributed by atoms with Gasteiger partial charge >= 0.3 is 0 Å². The maximum absolute atomic E-state index is 9.70. The molecule has 0 spiro atoms. The van der Waals surface area contributed by atoms with Gasteiger partial charge in [0.1, 0.15) is 0 Å². The normalized spacial score (nSPS) is 33.0. The fourth-order valence-electron chi connectivity index (χ4n) is 2.60. The molecule has 0 aromatic rings. The van der Waals surface area contributed by atoms with E-state index in [9.17, 15) is 5.11 Å². The predicted molar refractivity (Wildman–Crippen MR) is 64.9 cm³/mol. The summed E-state index contributed by atoms with van der Waals surface area (Å²) in [6, 6.07) is 0.623. The highest BCUT2D eigenvalue weighted by Crippen LogP contribution is 2.31. The van der Waals surface area contributed by atoms with Crippen LogP contribution < -0.4 is 5.32 Å². The fourth-order valence-corrected chi connectivity index (χ4v) is 2.60. The highest BCUT2D eigenvalue weighted by molar-refractivity contribution is 4.84. The molecular weight excluding hydrogens is 186 g/mol. The first-order valence-corrected chi connectivity index (χ1v) is 6.38.